The number of benzene rings is 2. The lowest BCUT2D eigenvalue weighted by Gasteiger charge is -2.41. The summed E-state index contributed by atoms with van der Waals surface area (Å²) in [4.78, 5) is 61.8. The molecule has 2 fully saturated rings. The molecular weight excluding hydrogens is 1190 g/mol. The molecule has 0 bridgehead atoms. The minimum absolute atomic E-state index is 0.0430. The maximum atomic E-state index is 15.7. The van der Waals surface area contributed by atoms with Gasteiger partial charge in [0.1, 0.15) is 46.5 Å². The Kier molecular flexibility index (Phi) is 15.8. The molecule has 3 atom stereocenters. The Balaban J connectivity index is 1.30. The largest absolute Gasteiger partial charge is 0.463 e. The van der Waals surface area contributed by atoms with Gasteiger partial charge in [0.15, 0.2) is 21.3 Å². The van der Waals surface area contributed by atoms with Crippen LogP contribution in [0.5, 0.6) is 0 Å². The number of carbonyl (C=O) groups is 4. The van der Waals surface area contributed by atoms with Crippen molar-refractivity contribution in [1.29, 1.82) is 0 Å². The number of fused-ring (bicyclic) bond motifs is 4. The van der Waals surface area contributed by atoms with Crippen LogP contribution in [-0.2, 0) is 65.8 Å². The topological polar surface area (TPSA) is 257 Å². The van der Waals surface area contributed by atoms with E-state index in [0.717, 1.165) is 47.6 Å². The van der Waals surface area contributed by atoms with E-state index in [4.69, 9.17) is 16.3 Å². The van der Waals surface area contributed by atoms with Crippen LogP contribution in [0.4, 0.5) is 59.3 Å². The van der Waals surface area contributed by atoms with Crippen LogP contribution in [0.25, 0.3) is 22.0 Å². The number of sulfone groups is 1. The van der Waals surface area contributed by atoms with E-state index in [-0.39, 0.29) is 36.9 Å². The molecule has 4 amide bonds. The van der Waals surface area contributed by atoms with Crippen molar-refractivity contribution in [1.82, 2.24) is 40.1 Å². The number of sulfonamides is 1. The molecule has 1 saturated carbocycles. The summed E-state index contributed by atoms with van der Waals surface area (Å²) in [6.07, 6.45) is -13.2. The molecule has 3 N–H and O–H groups in total. The molecule has 1 saturated heterocycles. The summed E-state index contributed by atoms with van der Waals surface area (Å²) in [7, 11) is -8.92. The number of anilines is 1. The van der Waals surface area contributed by atoms with Crippen LogP contribution in [0.3, 0.4) is 0 Å². The van der Waals surface area contributed by atoms with Crippen molar-refractivity contribution in [2.45, 2.75) is 101 Å². The highest BCUT2D eigenvalue weighted by Gasteiger charge is 2.68. The van der Waals surface area contributed by atoms with Gasteiger partial charge in [0.05, 0.1) is 39.8 Å². The number of rotatable bonds is 12. The highest BCUT2D eigenvalue weighted by Crippen LogP contribution is 2.68. The Morgan fingerprint density at radius 1 is 0.928 bits per heavy atom. The molecule has 8 rings (SSSR count). The number of nitrogens with zero attached hydrogens (tertiary/aromatic N) is 8. The first kappa shape index (κ1) is 61.5. The Bertz CT molecular complexity index is 3840. The van der Waals surface area contributed by atoms with Gasteiger partial charge in [-0.05, 0) is 95.2 Å². The van der Waals surface area contributed by atoms with E-state index >= 15 is 8.78 Å². The number of amides is 4. The zero-order valence-electron chi connectivity index (χ0n) is 44.3. The predicted octanol–water partition coefficient (Wildman–Crippen LogP) is 8.07. The van der Waals surface area contributed by atoms with Crippen molar-refractivity contribution in [2.75, 3.05) is 29.9 Å². The maximum absolute atomic E-state index is 15.7. The lowest BCUT2D eigenvalue weighted by Crippen LogP contribution is -2.61. The monoisotopic (exact) mass is 1240 g/mol. The summed E-state index contributed by atoms with van der Waals surface area (Å²) in [6.45, 7) is 2.39. The normalized spacial score (nSPS) is 17.7. The van der Waals surface area contributed by atoms with Gasteiger partial charge in [0, 0.05) is 48.0 Å². The van der Waals surface area contributed by atoms with Gasteiger partial charge in [-0.1, -0.05) is 23.6 Å². The third kappa shape index (κ3) is 13.0. The summed E-state index contributed by atoms with van der Waals surface area (Å²) in [5.41, 5.74) is -7.38. The standard InChI is InChI=1S/C50H47ClF10N10O10S2/c1-46(2,3)81-45(76)65-43(64-44(74)75)68-19-24(20-68)42(73)71(83(7,79)80)41-36-32(51)11-10-29(38(36)70(67-41)22-48(54,55)56)28-9-8-27(12-13-47(4,5)82(6,77)78)62-37(28)33(16-23-14-25(52)17-26(53)15-23)63-34(72)21-69-40-35(39(66-69)50(59,60)61)30-18-31(30)49(40,57)58/h8-11,14-15,17,24,30-31,33H,16,18-22H2,1-7H3,(H,63,72)(H,74,75)(H,64,65,76)/t30-,31+,33?/m0/s1. The quantitative estimate of drug-likeness (QED) is 0.0462. The average molecular weight is 1240 g/mol. The number of pyridine rings is 1. The smallest absolute Gasteiger partial charge is 0.435 e. The molecule has 2 aliphatic carbocycles. The molecule has 2 aromatic carbocycles. The van der Waals surface area contributed by atoms with E-state index in [1.165, 1.54) is 34.6 Å². The molecule has 446 valence electrons. The number of nitrogens with one attached hydrogen (secondary N) is 2. The third-order valence-electron chi connectivity index (χ3n) is 13.4. The second-order valence-corrected chi connectivity index (χ2v) is 26.1. The number of aromatic nitrogens is 5. The van der Waals surface area contributed by atoms with Crippen molar-refractivity contribution >= 4 is 78.1 Å². The van der Waals surface area contributed by atoms with Crippen molar-refractivity contribution in [2.24, 2.45) is 16.8 Å². The molecule has 83 heavy (non-hydrogen) atoms. The number of ether oxygens (including phenoxy) is 1. The Labute approximate surface area is 470 Å². The number of guanidine groups is 1. The minimum Gasteiger partial charge on any atom is -0.463 e. The average Bonchev–Trinajstić information content (AvgIpc) is 1.89. The van der Waals surface area contributed by atoms with Gasteiger partial charge in [-0.3, -0.25) is 24.3 Å². The summed E-state index contributed by atoms with van der Waals surface area (Å²) in [5.74, 6) is -9.76. The lowest BCUT2D eigenvalue weighted by atomic mass is 9.93. The van der Waals surface area contributed by atoms with Crippen LogP contribution in [0, 0.1) is 35.3 Å². The molecule has 4 heterocycles. The molecule has 3 aliphatic rings. The number of hydrogen-bond donors (Lipinski definition) is 3. The van der Waals surface area contributed by atoms with Gasteiger partial charge in [-0.2, -0.15) is 49.6 Å². The number of aliphatic imine (C=N–C) groups is 1. The maximum Gasteiger partial charge on any atom is 0.435 e. The van der Waals surface area contributed by atoms with Crippen molar-refractivity contribution < 1.29 is 89.8 Å². The summed E-state index contributed by atoms with van der Waals surface area (Å²) in [6, 6.07) is 4.49. The fourth-order valence-corrected chi connectivity index (χ4v) is 10.9. The predicted molar refractivity (Wildman–Crippen MR) is 275 cm³/mol. The van der Waals surface area contributed by atoms with Crippen LogP contribution in [-0.4, -0.2) is 123 Å². The third-order valence-corrected chi connectivity index (χ3v) is 16.7. The second-order valence-electron chi connectivity index (χ2n) is 21.3. The Morgan fingerprint density at radius 3 is 2.12 bits per heavy atom. The zero-order chi connectivity index (χ0) is 61.6. The molecule has 1 aliphatic heterocycles. The number of carbonyl (C=O) groups excluding carboxylic acids is 3. The second kappa shape index (κ2) is 21.3. The Hall–Kier alpha value is -7.53. The lowest BCUT2D eigenvalue weighted by molar-refractivity contribution is -0.143. The van der Waals surface area contributed by atoms with Crippen molar-refractivity contribution in [3.63, 3.8) is 0 Å². The number of carboxylic acid groups (broad SMARTS) is 1. The van der Waals surface area contributed by atoms with Crippen molar-refractivity contribution in [3.8, 4) is 23.0 Å². The van der Waals surface area contributed by atoms with E-state index in [2.05, 4.69) is 42.6 Å². The van der Waals surface area contributed by atoms with Gasteiger partial charge in [0.2, 0.25) is 27.8 Å². The fraction of sp³-hybridized carbons (Fsp3) is 0.440. The first-order valence-electron chi connectivity index (χ1n) is 24.5. The van der Waals surface area contributed by atoms with E-state index in [9.17, 15) is 76.2 Å². The molecule has 20 nitrogen and oxygen atoms in total. The first-order chi connectivity index (χ1) is 38.0. The van der Waals surface area contributed by atoms with Gasteiger partial charge in [-0.25, -0.2) is 40.2 Å². The molecule has 5 aromatic rings. The number of halogens is 11. The van der Waals surface area contributed by atoms with Crippen LogP contribution >= 0.6 is 11.6 Å². The van der Waals surface area contributed by atoms with E-state index in [1.807, 2.05) is 0 Å². The number of alkyl halides is 8. The van der Waals surface area contributed by atoms with E-state index in [1.54, 1.807) is 0 Å². The van der Waals surface area contributed by atoms with E-state index in [0.29, 0.717) is 12.3 Å². The highest BCUT2D eigenvalue weighted by molar-refractivity contribution is 7.93. The SMILES string of the molecule is CC(C)(C)OC(=O)N/C(=N\C(=O)O)N1CC(C(=O)N(c2nn(CC(F)(F)F)c3c(-c4ccc(C#CC(C)(C)S(C)(=O)=O)nc4C(Cc4cc(F)cc(F)c4)NC(=O)Cn4nc(C(F)(F)F)c5c4C(F)(F)[C@@H]4C[C@H]54)ccc(Cl)c23)S(C)(=O)=O)C1. The summed E-state index contributed by atoms with van der Waals surface area (Å²) in [5, 5.41) is 20.1. The van der Waals surface area contributed by atoms with Crippen LogP contribution in [0.1, 0.15) is 86.9 Å². The summed E-state index contributed by atoms with van der Waals surface area (Å²) < 4.78 is 205. The molecule has 0 radical (unpaired) electrons. The first-order valence-corrected chi connectivity index (χ1v) is 28.6. The highest BCUT2D eigenvalue weighted by atomic mass is 35.5. The molecule has 0 spiro atoms. The van der Waals surface area contributed by atoms with Crippen LogP contribution < -0.4 is 14.9 Å². The molecule has 3 aromatic heterocycles. The minimum atomic E-state index is -5.26. The van der Waals surface area contributed by atoms with Crippen LogP contribution in [0.2, 0.25) is 5.02 Å². The molecule has 1 unspecified atom stereocenters. The zero-order valence-corrected chi connectivity index (χ0v) is 46.7. The summed E-state index contributed by atoms with van der Waals surface area (Å²) >= 11 is 6.73. The Morgan fingerprint density at radius 2 is 1.55 bits per heavy atom. The van der Waals surface area contributed by atoms with E-state index < -0.39 is 196 Å². The number of hydrogen-bond acceptors (Lipinski definition) is 12. The van der Waals surface area contributed by atoms with Gasteiger partial charge >= 0.3 is 24.5 Å². The number of alkyl carbamates (subject to hydrolysis) is 1. The molecule has 33 heteroatoms. The van der Waals surface area contributed by atoms with Gasteiger partial charge < -0.3 is 20.1 Å². The molecular formula is C50H47ClF10N10O10S2. The van der Waals surface area contributed by atoms with Crippen molar-refractivity contribution in [3.05, 3.63) is 93.0 Å². The van der Waals surface area contributed by atoms with Gasteiger partial charge in [-0.15, -0.1) is 4.99 Å². The fourth-order valence-electron chi connectivity index (χ4n) is 9.46. The van der Waals surface area contributed by atoms with Crippen LogP contribution in [0.15, 0.2) is 47.5 Å². The van der Waals surface area contributed by atoms with Gasteiger partial charge in [0.25, 0.3) is 5.92 Å². The number of likely N-dealkylation sites (tertiary alicyclic amines) is 1.